The van der Waals surface area contributed by atoms with Crippen LogP contribution in [0, 0.1) is 20.8 Å². The van der Waals surface area contributed by atoms with Gasteiger partial charge in [-0.05, 0) is 150 Å². The smallest absolute Gasteiger partial charge is 0.276 e. The highest BCUT2D eigenvalue weighted by molar-refractivity contribution is 9.10. The molecule has 7 N–H and O–H groups in total. The first-order valence-corrected chi connectivity index (χ1v) is 27.0. The number of aryl methyl sites for hydroxylation is 3. The van der Waals surface area contributed by atoms with Crippen LogP contribution in [-0.4, -0.2) is 61.3 Å². The average molecular weight is 1230 g/mol. The molecule has 27 heteroatoms. The van der Waals surface area contributed by atoms with Gasteiger partial charge < -0.3 is 32.3 Å². The molecule has 3 aliphatic carbocycles. The lowest BCUT2D eigenvalue weighted by molar-refractivity contribution is 0.0867. The molecular weight excluding hydrogens is 1180 g/mol. The van der Waals surface area contributed by atoms with Gasteiger partial charge in [-0.25, -0.2) is 29.9 Å². The van der Waals surface area contributed by atoms with E-state index in [9.17, 15) is 28.8 Å². The summed E-state index contributed by atoms with van der Waals surface area (Å²) in [5.41, 5.74) is 4.10. The van der Waals surface area contributed by atoms with Gasteiger partial charge in [-0.2, -0.15) is 0 Å². The number of amides is 3. The summed E-state index contributed by atoms with van der Waals surface area (Å²) >= 11 is 22.0. The fraction of sp³-hybridized carbons (Fsp3) is 0.412. The molecule has 3 saturated carbocycles. The second kappa shape index (κ2) is 24.5. The van der Waals surface area contributed by atoms with E-state index in [1.807, 2.05) is 0 Å². The summed E-state index contributed by atoms with van der Waals surface area (Å²) in [7, 11) is 0. The molecule has 6 aromatic heterocycles. The molecule has 78 heavy (non-hydrogen) atoms. The number of nitrogens with zero attached hydrogens (tertiary/aromatic N) is 9. The van der Waals surface area contributed by atoms with Crippen molar-refractivity contribution in [1.29, 1.82) is 0 Å². The van der Waals surface area contributed by atoms with Gasteiger partial charge in [0.2, 0.25) is 0 Å². The molecule has 6 aliphatic rings. The standard InChI is InChI=1S/2C17H18ClN5O2.C12H12BrClN2O2.C5H7N3.2ClH/c2*1-10-19-8-5-13(20-10)21-12-9-11(18)14-15(24)22-17(23(14)16(12)25)6-3-2-4-7-17;13-7-6-8(14)9-10(17)15-12(16(9)11(7)18)4-2-1-3-5-12;1-4-7-3-2-5(6)8-4;;/h2*5,8-9H,2-4,6-7H2,1H3,(H,22,24)(H,19,20,21);6H,1-5H2,(H,15,17);2-3H,1H3,(H2,6,7,8);2*1H. The number of nitrogens with two attached hydrogens (primary N) is 1. The fourth-order valence-electron chi connectivity index (χ4n) is 11.0. The van der Waals surface area contributed by atoms with Crippen LogP contribution in [0.5, 0.6) is 0 Å². The zero-order valence-electron chi connectivity index (χ0n) is 42.7. The third-order valence-corrected chi connectivity index (χ3v) is 15.7. The van der Waals surface area contributed by atoms with Crippen LogP contribution >= 0.6 is 75.5 Å². The average Bonchev–Trinajstić information content (AvgIpc) is 3.95. The Labute approximate surface area is 483 Å². The Balaban J connectivity index is 0.000000158. The Morgan fingerprint density at radius 1 is 0.500 bits per heavy atom. The van der Waals surface area contributed by atoms with E-state index in [0.29, 0.717) is 61.5 Å². The van der Waals surface area contributed by atoms with Crippen molar-refractivity contribution >= 4 is 122 Å². The number of rotatable bonds is 4. The molecule has 0 aromatic carbocycles. The molecule has 12 rings (SSSR count). The molecule has 3 fully saturated rings. The summed E-state index contributed by atoms with van der Waals surface area (Å²) in [5, 5.41) is 15.8. The number of pyridine rings is 3. The molecule has 6 aromatic rings. The molecule has 3 aliphatic heterocycles. The van der Waals surface area contributed by atoms with Gasteiger partial charge in [-0.15, -0.1) is 24.8 Å². The third-order valence-electron chi connectivity index (χ3n) is 14.3. The Morgan fingerprint density at radius 2 is 0.821 bits per heavy atom. The Kier molecular flexibility index (Phi) is 18.7. The number of anilines is 5. The largest absolute Gasteiger partial charge is 0.384 e. The van der Waals surface area contributed by atoms with Crippen molar-refractivity contribution in [2.75, 3.05) is 16.4 Å². The van der Waals surface area contributed by atoms with E-state index in [1.165, 1.54) is 18.2 Å². The predicted molar refractivity (Wildman–Crippen MR) is 306 cm³/mol. The monoisotopic (exact) mass is 1230 g/mol. The van der Waals surface area contributed by atoms with Crippen molar-refractivity contribution in [1.82, 2.24) is 59.6 Å². The van der Waals surface area contributed by atoms with Gasteiger partial charge in [0, 0.05) is 18.6 Å². The van der Waals surface area contributed by atoms with Crippen molar-refractivity contribution in [2.24, 2.45) is 0 Å². The number of nitrogens with one attached hydrogen (secondary N) is 5. The fourth-order valence-corrected chi connectivity index (χ4v) is 12.4. The van der Waals surface area contributed by atoms with Gasteiger partial charge in [-0.1, -0.05) is 54.1 Å². The summed E-state index contributed by atoms with van der Waals surface area (Å²) in [6.07, 6.45) is 18.6. The number of halogens is 6. The van der Waals surface area contributed by atoms with Crippen LogP contribution in [0.15, 0.2) is 73.8 Å². The lowest BCUT2D eigenvalue weighted by Crippen LogP contribution is -2.48. The van der Waals surface area contributed by atoms with E-state index in [0.717, 1.165) is 96.3 Å². The second-order valence-electron chi connectivity index (χ2n) is 19.5. The summed E-state index contributed by atoms with van der Waals surface area (Å²) in [5.74, 6) is 2.64. The van der Waals surface area contributed by atoms with Crippen LogP contribution < -0.4 is 49.0 Å². The predicted octanol–water partition coefficient (Wildman–Crippen LogP) is 9.24. The Bertz CT molecular complexity index is 3300. The van der Waals surface area contributed by atoms with Crippen LogP contribution in [-0.2, 0) is 17.0 Å². The molecule has 0 radical (unpaired) electrons. The minimum Gasteiger partial charge on any atom is -0.384 e. The Hall–Kier alpha value is -6.17. The van der Waals surface area contributed by atoms with Crippen molar-refractivity contribution in [3.05, 3.63) is 140 Å². The molecule has 0 bridgehead atoms. The van der Waals surface area contributed by atoms with Gasteiger partial charge in [-0.3, -0.25) is 42.5 Å². The Morgan fingerprint density at radius 3 is 1.14 bits per heavy atom. The number of hydrogen-bond acceptors (Lipinski definition) is 15. The minimum atomic E-state index is -0.662. The number of carbonyl (C=O) groups is 3. The van der Waals surface area contributed by atoms with Crippen molar-refractivity contribution in [3.63, 3.8) is 0 Å². The molecule has 9 heterocycles. The number of fused-ring (bicyclic) bond motifs is 6. The van der Waals surface area contributed by atoms with E-state index >= 15 is 0 Å². The molecule has 414 valence electrons. The first-order chi connectivity index (χ1) is 36.3. The van der Waals surface area contributed by atoms with Gasteiger partial charge in [0.15, 0.2) is 0 Å². The maximum absolute atomic E-state index is 13.1. The van der Waals surface area contributed by atoms with E-state index in [1.54, 1.807) is 71.3 Å². The van der Waals surface area contributed by atoms with Gasteiger partial charge in [0.05, 0.1) is 19.5 Å². The lowest BCUT2D eigenvalue weighted by Gasteiger charge is -2.35. The van der Waals surface area contributed by atoms with Crippen LogP contribution in [0.3, 0.4) is 0 Å². The highest BCUT2D eigenvalue weighted by Crippen LogP contribution is 2.41. The van der Waals surface area contributed by atoms with Crippen molar-refractivity contribution < 1.29 is 14.4 Å². The van der Waals surface area contributed by atoms with Crippen LogP contribution in [0.1, 0.15) is 145 Å². The number of hydrogen-bond donors (Lipinski definition) is 6. The maximum Gasteiger partial charge on any atom is 0.276 e. The van der Waals surface area contributed by atoms with Crippen LogP contribution in [0.4, 0.5) is 28.8 Å². The van der Waals surface area contributed by atoms with E-state index in [-0.39, 0.29) is 80.6 Å². The van der Waals surface area contributed by atoms with Crippen LogP contribution in [0.25, 0.3) is 0 Å². The molecule has 3 amide bonds. The van der Waals surface area contributed by atoms with E-state index in [4.69, 9.17) is 40.5 Å². The minimum absolute atomic E-state index is 0. The lowest BCUT2D eigenvalue weighted by atomic mass is 9.89. The van der Waals surface area contributed by atoms with Gasteiger partial charge >= 0.3 is 0 Å². The SMILES string of the molecule is Cc1nccc(N)n1.Cc1nccc(Nc2cc(Cl)c3n(c2=O)C2(CCCCC2)NC3=O)n1.Cc1nccc(Nc2cc(Cl)c3n(c2=O)C2(CCCCC2)NC3=O)n1.Cl.Cl.O=C1NC2(CCCCC2)n2c1c(Cl)cc(Br)c2=O. The van der Waals surface area contributed by atoms with Gasteiger partial charge in [0.1, 0.15) is 80.4 Å². The quantitative estimate of drug-likeness (QED) is 0.0959. The van der Waals surface area contributed by atoms with Crippen molar-refractivity contribution in [3.8, 4) is 0 Å². The highest BCUT2D eigenvalue weighted by Gasteiger charge is 2.48. The zero-order valence-corrected chi connectivity index (χ0v) is 48.2. The molecule has 21 nitrogen and oxygen atoms in total. The van der Waals surface area contributed by atoms with Crippen LogP contribution in [0.2, 0.25) is 15.1 Å². The molecule has 0 saturated heterocycles. The van der Waals surface area contributed by atoms with Gasteiger partial charge in [0.25, 0.3) is 34.4 Å². The molecular formula is C51H57BrCl5N15O6. The van der Waals surface area contributed by atoms with E-state index < -0.39 is 17.0 Å². The first kappa shape index (κ1) is 59.5. The molecule has 0 atom stereocenters. The summed E-state index contributed by atoms with van der Waals surface area (Å²) in [6, 6.07) is 9.50. The molecule has 3 spiro atoms. The first-order valence-electron chi connectivity index (χ1n) is 25.0. The highest BCUT2D eigenvalue weighted by atomic mass is 79.9. The molecule has 0 unspecified atom stereocenters. The summed E-state index contributed by atoms with van der Waals surface area (Å²) in [6.45, 7) is 5.34. The zero-order chi connectivity index (χ0) is 54.1. The number of nitrogen functional groups attached to an aromatic ring is 1. The summed E-state index contributed by atoms with van der Waals surface area (Å²) in [4.78, 5) is 99.7. The maximum atomic E-state index is 13.1. The topological polar surface area (TPSA) is 281 Å². The van der Waals surface area contributed by atoms with Crippen molar-refractivity contribution in [2.45, 2.75) is 134 Å². The number of carbonyl (C=O) groups excluding carboxylic acids is 3. The number of aromatic nitrogens is 9. The second-order valence-corrected chi connectivity index (χ2v) is 21.6. The van der Waals surface area contributed by atoms with E-state index in [2.05, 4.69) is 72.4 Å². The normalized spacial score (nSPS) is 17.3. The summed E-state index contributed by atoms with van der Waals surface area (Å²) < 4.78 is 5.05. The third kappa shape index (κ3) is 11.9.